The first-order valence-corrected chi connectivity index (χ1v) is 22.4. The van der Waals surface area contributed by atoms with Gasteiger partial charge in [-0.15, -0.1) is 0 Å². The first kappa shape index (κ1) is 48.2. The predicted octanol–water partition coefficient (Wildman–Crippen LogP) is 12.5. The summed E-state index contributed by atoms with van der Waals surface area (Å²) in [5.41, 5.74) is 6.38. The van der Waals surface area contributed by atoms with E-state index in [2.05, 4.69) is 0 Å². The molecule has 4 N–H and O–H groups in total. The second kappa shape index (κ2) is 26.0. The standard InChI is InChI=1S/2C22H26N2O2.2C6H6/c2*1-15-7-5-9-17(21(15)25)13-23-19-11-3-4-12-20(19)24-14-18-10-6-8-16(2)22(18)26;2*1-2-4-6-5-3-1/h2*5-10,13-14,19-20,25-26H,3-4,11-12H2,1-2H3;2*1-6H/t2*19-,20-;;/m00../s1. The van der Waals surface area contributed by atoms with E-state index in [1.165, 1.54) is 0 Å². The van der Waals surface area contributed by atoms with E-state index in [-0.39, 0.29) is 47.2 Å². The highest BCUT2D eigenvalue weighted by Gasteiger charge is 2.24. The third kappa shape index (κ3) is 15.2. The van der Waals surface area contributed by atoms with Crippen LogP contribution in [0.2, 0.25) is 0 Å². The maximum absolute atomic E-state index is 10.2. The Bertz CT molecular complexity index is 2070. The van der Waals surface area contributed by atoms with Crippen molar-refractivity contribution in [3.05, 3.63) is 190 Å². The number of aromatic hydroxyl groups is 4. The number of nitrogens with zero attached hydrogens (tertiary/aromatic N) is 4. The predicted molar refractivity (Wildman–Crippen MR) is 267 cm³/mol. The lowest BCUT2D eigenvalue weighted by Gasteiger charge is -2.25. The molecule has 2 saturated carbocycles. The van der Waals surface area contributed by atoms with Gasteiger partial charge in [-0.3, -0.25) is 20.0 Å². The van der Waals surface area contributed by atoms with Gasteiger partial charge in [0.25, 0.3) is 0 Å². The lowest BCUT2D eigenvalue weighted by atomic mass is 9.91. The van der Waals surface area contributed by atoms with E-state index in [4.69, 9.17) is 20.0 Å². The van der Waals surface area contributed by atoms with Gasteiger partial charge in [0.05, 0.1) is 24.2 Å². The molecule has 6 aromatic carbocycles. The SMILES string of the molecule is Cc1cccc(C=N[C@H]2CCCC[C@@H]2N=Cc2cccc(C)c2O)c1O.Cc1cccc(C=N[C@H]2CCCC[C@@H]2N=Cc2cccc(C)c2O)c1O.c1ccccc1.c1ccccc1. The van der Waals surface area contributed by atoms with Crippen molar-refractivity contribution in [3.63, 3.8) is 0 Å². The lowest BCUT2D eigenvalue weighted by molar-refractivity contribution is 0.390. The summed E-state index contributed by atoms with van der Waals surface area (Å²) in [6, 6.07) is 47.1. The lowest BCUT2D eigenvalue weighted by Crippen LogP contribution is -2.27. The van der Waals surface area contributed by atoms with Crippen molar-refractivity contribution < 1.29 is 20.4 Å². The fourth-order valence-electron chi connectivity index (χ4n) is 7.50. The third-order valence-electron chi connectivity index (χ3n) is 11.4. The molecule has 2 aliphatic carbocycles. The van der Waals surface area contributed by atoms with Crippen molar-refractivity contribution in [2.45, 2.75) is 103 Å². The normalized spacial score (nSPS) is 18.4. The highest BCUT2D eigenvalue weighted by atomic mass is 16.3. The quantitative estimate of drug-likeness (QED) is 0.114. The van der Waals surface area contributed by atoms with Gasteiger partial charge in [0, 0.05) is 47.1 Å². The second-order valence-electron chi connectivity index (χ2n) is 16.3. The zero-order chi connectivity index (χ0) is 45.5. The Balaban J connectivity index is 0.000000190. The van der Waals surface area contributed by atoms with Gasteiger partial charge in [0.15, 0.2) is 0 Å². The molecule has 0 aliphatic heterocycles. The number of rotatable bonds is 8. The number of para-hydroxylation sites is 4. The molecule has 0 aromatic heterocycles. The van der Waals surface area contributed by atoms with Crippen molar-refractivity contribution in [1.29, 1.82) is 0 Å². The van der Waals surface area contributed by atoms with Gasteiger partial charge in [0.2, 0.25) is 0 Å². The van der Waals surface area contributed by atoms with Crippen LogP contribution >= 0.6 is 0 Å². The van der Waals surface area contributed by atoms with E-state index in [1.54, 1.807) is 24.9 Å². The minimum absolute atomic E-state index is 0.104. The van der Waals surface area contributed by atoms with E-state index in [0.29, 0.717) is 0 Å². The molecule has 2 fully saturated rings. The largest absolute Gasteiger partial charge is 0.507 e. The number of hydrogen-bond acceptors (Lipinski definition) is 8. The van der Waals surface area contributed by atoms with Gasteiger partial charge >= 0.3 is 0 Å². The topological polar surface area (TPSA) is 130 Å². The van der Waals surface area contributed by atoms with Gasteiger partial charge in [-0.05, 0) is 99.9 Å². The number of phenols is 4. The summed E-state index contributed by atoms with van der Waals surface area (Å²) >= 11 is 0. The Labute approximate surface area is 380 Å². The molecule has 0 amide bonds. The van der Waals surface area contributed by atoms with E-state index in [0.717, 1.165) is 95.9 Å². The average Bonchev–Trinajstić information content (AvgIpc) is 3.33. The number of aryl methyl sites for hydroxylation is 4. The minimum atomic E-state index is 0.104. The van der Waals surface area contributed by atoms with E-state index in [1.807, 2.05) is 173 Å². The Morgan fingerprint density at radius 3 is 0.688 bits per heavy atom. The van der Waals surface area contributed by atoms with Gasteiger partial charge < -0.3 is 20.4 Å². The molecule has 8 heteroatoms. The minimum Gasteiger partial charge on any atom is -0.507 e. The van der Waals surface area contributed by atoms with Gasteiger partial charge in [0.1, 0.15) is 23.0 Å². The van der Waals surface area contributed by atoms with E-state index in [9.17, 15) is 20.4 Å². The molecule has 0 saturated heterocycles. The summed E-state index contributed by atoms with van der Waals surface area (Å²) in [5.74, 6) is 1.15. The third-order valence-corrected chi connectivity index (χ3v) is 11.4. The monoisotopic (exact) mass is 856 g/mol. The maximum Gasteiger partial charge on any atom is 0.127 e. The van der Waals surface area contributed by atoms with Crippen LogP contribution in [-0.4, -0.2) is 69.5 Å². The Kier molecular flexibility index (Phi) is 19.6. The first-order chi connectivity index (χ1) is 31.1. The van der Waals surface area contributed by atoms with Crippen LogP contribution in [0.4, 0.5) is 0 Å². The summed E-state index contributed by atoms with van der Waals surface area (Å²) in [4.78, 5) is 18.9. The molecule has 4 atom stereocenters. The van der Waals surface area contributed by atoms with Crippen LogP contribution in [-0.2, 0) is 0 Å². The van der Waals surface area contributed by atoms with Crippen LogP contribution in [0.25, 0.3) is 0 Å². The molecule has 0 bridgehead atoms. The van der Waals surface area contributed by atoms with Crippen LogP contribution < -0.4 is 0 Å². The van der Waals surface area contributed by atoms with Gasteiger partial charge in [-0.1, -0.05) is 147 Å². The molecule has 8 rings (SSSR count). The summed E-state index contributed by atoms with van der Waals surface area (Å²) in [6.45, 7) is 7.53. The average molecular weight is 857 g/mol. The van der Waals surface area contributed by atoms with Crippen molar-refractivity contribution in [2.24, 2.45) is 20.0 Å². The van der Waals surface area contributed by atoms with Crippen LogP contribution in [0.5, 0.6) is 23.0 Å². The number of aliphatic imine (C=N–C) groups is 4. The molecule has 0 radical (unpaired) electrons. The van der Waals surface area contributed by atoms with Crippen LogP contribution in [0.1, 0.15) is 95.9 Å². The molecule has 64 heavy (non-hydrogen) atoms. The Morgan fingerprint density at radius 1 is 0.312 bits per heavy atom. The van der Waals surface area contributed by atoms with E-state index >= 15 is 0 Å². The smallest absolute Gasteiger partial charge is 0.127 e. The summed E-state index contributed by atoms with van der Waals surface area (Å²) < 4.78 is 0. The zero-order valence-corrected chi connectivity index (χ0v) is 37.7. The van der Waals surface area contributed by atoms with Crippen LogP contribution in [0.3, 0.4) is 0 Å². The van der Waals surface area contributed by atoms with Crippen molar-refractivity contribution in [1.82, 2.24) is 0 Å². The zero-order valence-electron chi connectivity index (χ0n) is 37.7. The molecular weight excluding hydrogens is 793 g/mol. The summed E-state index contributed by atoms with van der Waals surface area (Å²) in [5, 5.41) is 40.6. The summed E-state index contributed by atoms with van der Waals surface area (Å²) in [7, 11) is 0. The van der Waals surface area contributed by atoms with Crippen molar-refractivity contribution >= 4 is 24.9 Å². The molecule has 2 aliphatic rings. The Morgan fingerprint density at radius 2 is 0.500 bits per heavy atom. The molecule has 332 valence electrons. The second-order valence-corrected chi connectivity index (χ2v) is 16.3. The van der Waals surface area contributed by atoms with Crippen molar-refractivity contribution in [3.8, 4) is 23.0 Å². The molecule has 6 aromatic rings. The maximum atomic E-state index is 10.2. The van der Waals surface area contributed by atoms with Crippen LogP contribution in [0.15, 0.2) is 166 Å². The molecule has 0 heterocycles. The van der Waals surface area contributed by atoms with E-state index < -0.39 is 0 Å². The van der Waals surface area contributed by atoms with Crippen LogP contribution in [0, 0.1) is 27.7 Å². The summed E-state index contributed by atoms with van der Waals surface area (Å²) in [6.07, 6.45) is 15.6. The molecule has 0 unspecified atom stereocenters. The molecule has 8 nitrogen and oxygen atoms in total. The number of benzene rings is 6. The number of hydrogen-bond donors (Lipinski definition) is 4. The fourth-order valence-corrected chi connectivity index (χ4v) is 7.50. The first-order valence-electron chi connectivity index (χ1n) is 22.4. The van der Waals surface area contributed by atoms with Gasteiger partial charge in [-0.25, -0.2) is 0 Å². The number of phenolic OH excluding ortho intramolecular Hbond substituents is 4. The van der Waals surface area contributed by atoms with Gasteiger partial charge in [-0.2, -0.15) is 0 Å². The van der Waals surface area contributed by atoms with Crippen molar-refractivity contribution in [2.75, 3.05) is 0 Å². The fraction of sp³-hybridized carbons (Fsp3) is 0.286. The highest BCUT2D eigenvalue weighted by Crippen LogP contribution is 2.28. The Hall–Kier alpha value is -6.80. The molecule has 0 spiro atoms. The highest BCUT2D eigenvalue weighted by molar-refractivity contribution is 5.86. The molecular formula is C56H64N4O4.